The van der Waals surface area contributed by atoms with Gasteiger partial charge < -0.3 is 9.47 Å². The molecule has 8 heteroatoms. The fourth-order valence-corrected chi connectivity index (χ4v) is 5.34. The van der Waals surface area contributed by atoms with Crippen LogP contribution in [0.15, 0.2) is 36.4 Å². The van der Waals surface area contributed by atoms with Gasteiger partial charge >= 0.3 is 0 Å². The molecule has 3 heterocycles. The van der Waals surface area contributed by atoms with Crippen LogP contribution in [-0.2, 0) is 13.1 Å². The van der Waals surface area contributed by atoms with Crippen molar-refractivity contribution < 1.29 is 4.79 Å². The molecule has 28 heavy (non-hydrogen) atoms. The molecular formula is C20H19ClN4OS2. The second-order valence-electron chi connectivity index (χ2n) is 6.46. The van der Waals surface area contributed by atoms with Gasteiger partial charge in [0.2, 0.25) is 0 Å². The van der Waals surface area contributed by atoms with E-state index in [1.807, 2.05) is 44.3 Å². The van der Waals surface area contributed by atoms with Gasteiger partial charge in [0.25, 0.3) is 5.91 Å². The van der Waals surface area contributed by atoms with Crippen LogP contribution in [0.2, 0.25) is 4.34 Å². The van der Waals surface area contributed by atoms with Crippen molar-refractivity contribution in [1.82, 2.24) is 19.4 Å². The van der Waals surface area contributed by atoms with Crippen LogP contribution in [0.4, 0.5) is 0 Å². The van der Waals surface area contributed by atoms with Crippen molar-refractivity contribution in [2.24, 2.45) is 0 Å². The summed E-state index contributed by atoms with van der Waals surface area (Å²) in [4.78, 5) is 25.7. The van der Waals surface area contributed by atoms with Gasteiger partial charge in [-0.15, -0.1) is 22.7 Å². The van der Waals surface area contributed by atoms with E-state index in [2.05, 4.69) is 22.5 Å². The van der Waals surface area contributed by atoms with Crippen LogP contribution in [-0.4, -0.2) is 32.4 Å². The summed E-state index contributed by atoms with van der Waals surface area (Å²) < 4.78 is 2.86. The number of benzene rings is 1. The van der Waals surface area contributed by atoms with E-state index in [1.165, 1.54) is 22.7 Å². The first kappa shape index (κ1) is 19.1. The Labute approximate surface area is 176 Å². The number of halogens is 1. The average molecular weight is 431 g/mol. The summed E-state index contributed by atoms with van der Waals surface area (Å²) in [6, 6.07) is 11.8. The highest BCUT2D eigenvalue weighted by atomic mass is 35.5. The minimum Gasteiger partial charge on any atom is -0.333 e. The maximum Gasteiger partial charge on any atom is 0.266 e. The van der Waals surface area contributed by atoms with Gasteiger partial charge in [0.1, 0.15) is 15.7 Å². The molecule has 0 aliphatic heterocycles. The molecule has 0 atom stereocenters. The molecule has 0 saturated carbocycles. The van der Waals surface area contributed by atoms with Crippen molar-refractivity contribution >= 4 is 51.2 Å². The van der Waals surface area contributed by atoms with Crippen LogP contribution in [0, 0.1) is 6.92 Å². The lowest BCUT2D eigenvalue weighted by Gasteiger charge is -2.17. The van der Waals surface area contributed by atoms with E-state index >= 15 is 0 Å². The molecular weight excluding hydrogens is 412 g/mol. The fourth-order valence-electron chi connectivity index (χ4n) is 3.19. The van der Waals surface area contributed by atoms with Crippen molar-refractivity contribution in [2.45, 2.75) is 26.9 Å². The lowest BCUT2D eigenvalue weighted by molar-refractivity contribution is 0.0784. The number of para-hydroxylation sites is 2. The van der Waals surface area contributed by atoms with Gasteiger partial charge in [-0.2, -0.15) is 0 Å². The molecule has 5 nitrogen and oxygen atoms in total. The van der Waals surface area contributed by atoms with Gasteiger partial charge in [-0.1, -0.05) is 23.7 Å². The zero-order valence-electron chi connectivity index (χ0n) is 15.8. The third-order valence-corrected chi connectivity index (χ3v) is 7.10. The SMILES string of the molecule is CCn1c(CN(C)C(=O)c2sc(-c3ccc(Cl)s3)nc2C)nc2ccccc21. The maximum absolute atomic E-state index is 13.1. The Balaban J connectivity index is 1.60. The number of carbonyl (C=O) groups excluding carboxylic acids is 1. The molecule has 144 valence electrons. The Morgan fingerprint density at radius 3 is 2.68 bits per heavy atom. The molecule has 0 bridgehead atoms. The Morgan fingerprint density at radius 1 is 1.18 bits per heavy atom. The maximum atomic E-state index is 13.1. The molecule has 1 amide bonds. The van der Waals surface area contributed by atoms with Crippen molar-refractivity contribution in [2.75, 3.05) is 7.05 Å². The molecule has 4 rings (SSSR count). The smallest absolute Gasteiger partial charge is 0.266 e. The zero-order valence-corrected chi connectivity index (χ0v) is 18.2. The monoisotopic (exact) mass is 430 g/mol. The van der Waals surface area contributed by atoms with Crippen molar-refractivity contribution in [3.8, 4) is 9.88 Å². The summed E-state index contributed by atoms with van der Waals surface area (Å²) >= 11 is 8.91. The predicted molar refractivity (Wildman–Crippen MR) is 116 cm³/mol. The number of amides is 1. The number of fused-ring (bicyclic) bond motifs is 1. The van der Waals surface area contributed by atoms with Gasteiger partial charge in [-0.05, 0) is 38.1 Å². The number of aryl methyl sites for hydroxylation is 2. The van der Waals surface area contributed by atoms with E-state index in [-0.39, 0.29) is 5.91 Å². The largest absolute Gasteiger partial charge is 0.333 e. The van der Waals surface area contributed by atoms with Gasteiger partial charge in [-0.25, -0.2) is 9.97 Å². The van der Waals surface area contributed by atoms with Crippen LogP contribution in [0.5, 0.6) is 0 Å². The number of hydrogen-bond donors (Lipinski definition) is 0. The molecule has 0 fully saturated rings. The van der Waals surface area contributed by atoms with Crippen LogP contribution >= 0.6 is 34.3 Å². The van der Waals surface area contributed by atoms with E-state index in [4.69, 9.17) is 16.6 Å². The molecule has 0 N–H and O–H groups in total. The first-order chi connectivity index (χ1) is 13.5. The first-order valence-corrected chi connectivity index (χ1v) is 10.9. The van der Waals surface area contributed by atoms with E-state index in [1.54, 1.807) is 4.90 Å². The summed E-state index contributed by atoms with van der Waals surface area (Å²) in [7, 11) is 1.81. The summed E-state index contributed by atoms with van der Waals surface area (Å²) in [6.07, 6.45) is 0. The van der Waals surface area contributed by atoms with Gasteiger partial charge in [0.05, 0.1) is 32.5 Å². The minimum atomic E-state index is -0.0430. The second-order valence-corrected chi connectivity index (χ2v) is 9.17. The van der Waals surface area contributed by atoms with Gasteiger partial charge in [0, 0.05) is 13.6 Å². The molecule has 1 aromatic carbocycles. The van der Waals surface area contributed by atoms with E-state index in [9.17, 15) is 4.79 Å². The number of thiazole rings is 1. The number of nitrogens with zero attached hydrogens (tertiary/aromatic N) is 4. The third kappa shape index (κ3) is 3.45. The van der Waals surface area contributed by atoms with Crippen molar-refractivity contribution in [1.29, 1.82) is 0 Å². The number of hydrogen-bond acceptors (Lipinski definition) is 5. The highest BCUT2D eigenvalue weighted by molar-refractivity contribution is 7.24. The minimum absolute atomic E-state index is 0.0430. The number of rotatable bonds is 5. The van der Waals surface area contributed by atoms with Crippen molar-refractivity contribution in [3.63, 3.8) is 0 Å². The quantitative estimate of drug-likeness (QED) is 0.421. The number of imidazole rings is 1. The number of aromatic nitrogens is 3. The number of thiophene rings is 1. The van der Waals surface area contributed by atoms with E-state index < -0.39 is 0 Å². The fraction of sp³-hybridized carbons (Fsp3) is 0.250. The molecule has 0 saturated heterocycles. The van der Waals surface area contributed by atoms with Crippen molar-refractivity contribution in [3.05, 3.63) is 57.1 Å². The Bertz CT molecular complexity index is 1160. The molecule has 0 unspecified atom stereocenters. The lowest BCUT2D eigenvalue weighted by Crippen LogP contribution is -2.27. The second kappa shape index (κ2) is 7.66. The predicted octanol–water partition coefficient (Wildman–Crippen LogP) is 5.48. The standard InChI is InChI=1S/C20H19ClN4OS2/c1-4-25-14-8-6-5-7-13(14)23-17(25)11-24(3)20(26)18-12(2)22-19(28-18)15-9-10-16(21)27-15/h5-10H,4,11H2,1-3H3. The van der Waals surface area contributed by atoms with Crippen LogP contribution in [0.1, 0.15) is 28.1 Å². The van der Waals surface area contributed by atoms with E-state index in [0.29, 0.717) is 15.8 Å². The summed E-state index contributed by atoms with van der Waals surface area (Å²) in [6.45, 7) is 5.21. The van der Waals surface area contributed by atoms with Crippen LogP contribution in [0.3, 0.4) is 0 Å². The molecule has 0 aliphatic carbocycles. The Kier molecular flexibility index (Phi) is 5.23. The average Bonchev–Trinajstić information content (AvgIpc) is 3.37. The molecule has 0 radical (unpaired) electrons. The highest BCUT2D eigenvalue weighted by Crippen LogP contribution is 2.35. The molecule has 0 aliphatic rings. The van der Waals surface area contributed by atoms with Crippen LogP contribution in [0.25, 0.3) is 20.9 Å². The number of carbonyl (C=O) groups is 1. The Morgan fingerprint density at radius 2 is 1.96 bits per heavy atom. The summed E-state index contributed by atoms with van der Waals surface area (Å²) in [5.74, 6) is 0.839. The highest BCUT2D eigenvalue weighted by Gasteiger charge is 2.22. The zero-order chi connectivity index (χ0) is 19.8. The first-order valence-electron chi connectivity index (χ1n) is 8.90. The summed E-state index contributed by atoms with van der Waals surface area (Å²) in [5.41, 5.74) is 2.78. The Hall–Kier alpha value is -2.22. The summed E-state index contributed by atoms with van der Waals surface area (Å²) in [5, 5.41) is 0.826. The van der Waals surface area contributed by atoms with E-state index in [0.717, 1.165) is 39.0 Å². The topological polar surface area (TPSA) is 51.0 Å². The normalized spacial score (nSPS) is 11.3. The molecule has 4 aromatic rings. The molecule has 3 aromatic heterocycles. The van der Waals surface area contributed by atoms with Gasteiger partial charge in [-0.3, -0.25) is 4.79 Å². The van der Waals surface area contributed by atoms with Crippen LogP contribution < -0.4 is 0 Å². The lowest BCUT2D eigenvalue weighted by atomic mass is 10.3. The molecule has 0 spiro atoms. The third-order valence-electron chi connectivity index (χ3n) is 4.55. The van der Waals surface area contributed by atoms with Gasteiger partial charge in [0.15, 0.2) is 0 Å².